The molecule has 0 radical (unpaired) electrons. The molecule has 0 saturated carbocycles. The van der Waals surface area contributed by atoms with E-state index in [1.165, 1.54) is 7.11 Å². The van der Waals surface area contributed by atoms with Gasteiger partial charge in [-0.2, -0.15) is 0 Å². The number of nitrogens with one attached hydrogen (secondary N) is 1. The zero-order valence-corrected chi connectivity index (χ0v) is 9.95. The van der Waals surface area contributed by atoms with E-state index >= 15 is 0 Å². The Hall–Kier alpha value is -1.80. The molecule has 1 fully saturated rings. The smallest absolute Gasteiger partial charge is 0.306 e. The molecule has 90 valence electrons. The summed E-state index contributed by atoms with van der Waals surface area (Å²) in [5.41, 5.74) is 0.894. The molecule has 1 saturated heterocycles. The van der Waals surface area contributed by atoms with Gasteiger partial charge in [-0.3, -0.25) is 4.79 Å². The molecule has 0 aromatic rings. The predicted octanol–water partition coefficient (Wildman–Crippen LogP) is 1.33. The van der Waals surface area contributed by atoms with Crippen LogP contribution >= 0.6 is 0 Å². The lowest BCUT2D eigenvalue weighted by Crippen LogP contribution is -2.29. The van der Waals surface area contributed by atoms with Crippen LogP contribution in [-0.2, 0) is 14.3 Å². The fourth-order valence-corrected chi connectivity index (χ4v) is 2.55. The largest absolute Gasteiger partial charge is 0.469 e. The minimum absolute atomic E-state index is 0.128. The first-order chi connectivity index (χ1) is 8.11. The third-order valence-electron chi connectivity index (χ3n) is 3.61. The summed E-state index contributed by atoms with van der Waals surface area (Å²) >= 11 is 0. The van der Waals surface area contributed by atoms with E-state index in [1.807, 2.05) is 31.1 Å². The minimum atomic E-state index is -0.536. The summed E-state index contributed by atoms with van der Waals surface area (Å²) in [7, 11) is 1.36. The van der Waals surface area contributed by atoms with Crippen LogP contribution in [-0.4, -0.2) is 19.0 Å². The highest BCUT2D eigenvalue weighted by atomic mass is 16.5. The fraction of sp³-hybridized carbons (Fsp3) is 0.462. The molecule has 2 aliphatic rings. The molecule has 4 nitrogen and oxygen atoms in total. The average molecular weight is 233 g/mol. The van der Waals surface area contributed by atoms with Crippen LogP contribution in [0.1, 0.15) is 19.8 Å². The van der Waals surface area contributed by atoms with Crippen LogP contribution in [0.4, 0.5) is 0 Å². The van der Waals surface area contributed by atoms with Crippen molar-refractivity contribution in [1.82, 2.24) is 5.32 Å². The van der Waals surface area contributed by atoms with Crippen molar-refractivity contribution in [3.63, 3.8) is 0 Å². The molecular formula is C13H15NO3. The molecule has 2 rings (SSSR count). The zero-order valence-electron chi connectivity index (χ0n) is 9.95. The Kier molecular flexibility index (Phi) is 2.90. The van der Waals surface area contributed by atoms with E-state index in [0.717, 1.165) is 12.1 Å². The topological polar surface area (TPSA) is 55.4 Å². The van der Waals surface area contributed by atoms with Crippen LogP contribution in [0.15, 0.2) is 29.6 Å². The first-order valence-corrected chi connectivity index (χ1v) is 5.58. The van der Waals surface area contributed by atoms with Crippen LogP contribution in [0.5, 0.6) is 0 Å². The summed E-state index contributed by atoms with van der Waals surface area (Å²) in [5.74, 6) is 1.74. The van der Waals surface area contributed by atoms with Gasteiger partial charge in [0.2, 0.25) is 0 Å². The van der Waals surface area contributed by atoms with Crippen molar-refractivity contribution in [3.8, 4) is 0 Å². The van der Waals surface area contributed by atoms with Crippen LogP contribution in [0, 0.1) is 11.3 Å². The van der Waals surface area contributed by atoms with Crippen LogP contribution in [0.3, 0.4) is 0 Å². The van der Waals surface area contributed by atoms with Crippen molar-refractivity contribution in [2.45, 2.75) is 19.8 Å². The van der Waals surface area contributed by atoms with Gasteiger partial charge in [0.15, 0.2) is 0 Å². The third kappa shape index (κ3) is 1.81. The number of carbonyl (C=O) groups is 1. The summed E-state index contributed by atoms with van der Waals surface area (Å²) in [6.07, 6.45) is 6.94. The predicted molar refractivity (Wildman–Crippen MR) is 62.4 cm³/mol. The van der Waals surface area contributed by atoms with Gasteiger partial charge in [-0.1, -0.05) is 19.1 Å². The Labute approximate surface area is 100 Å². The second-order valence-electron chi connectivity index (χ2n) is 4.61. The molecule has 0 bridgehead atoms. The molecule has 0 aromatic carbocycles. The monoisotopic (exact) mass is 233 g/mol. The van der Waals surface area contributed by atoms with Crippen molar-refractivity contribution in [2.24, 2.45) is 11.3 Å². The number of hydrogen-bond acceptors (Lipinski definition) is 4. The second-order valence-corrected chi connectivity index (χ2v) is 4.61. The Morgan fingerprint density at radius 1 is 1.71 bits per heavy atom. The van der Waals surface area contributed by atoms with Gasteiger partial charge in [-0.15, -0.1) is 0 Å². The standard InChI is InChI=1S/C13H15NO3/c1-13(7-12(16)17-2)9-5-3-4-6-10(9)14-11(13)8-15/h3-4,6,9,14H,5,7H2,1-2H3. The molecule has 4 heteroatoms. The van der Waals surface area contributed by atoms with Crippen molar-refractivity contribution in [2.75, 3.05) is 7.11 Å². The first kappa shape index (κ1) is 11.7. The molecule has 1 N–H and O–H groups in total. The summed E-state index contributed by atoms with van der Waals surface area (Å²) < 4.78 is 4.70. The van der Waals surface area contributed by atoms with Crippen LogP contribution in [0.25, 0.3) is 0 Å². The van der Waals surface area contributed by atoms with Gasteiger partial charge in [-0.25, -0.2) is 4.79 Å². The fourth-order valence-electron chi connectivity index (χ4n) is 2.55. The quantitative estimate of drug-likeness (QED) is 0.577. The number of hydrogen-bond donors (Lipinski definition) is 1. The first-order valence-electron chi connectivity index (χ1n) is 5.58. The van der Waals surface area contributed by atoms with E-state index in [4.69, 9.17) is 4.74 Å². The van der Waals surface area contributed by atoms with Gasteiger partial charge in [0, 0.05) is 17.0 Å². The highest BCUT2D eigenvalue weighted by Crippen LogP contribution is 2.48. The van der Waals surface area contributed by atoms with Gasteiger partial charge in [0.1, 0.15) is 11.6 Å². The normalized spacial score (nSPS) is 30.1. The lowest BCUT2D eigenvalue weighted by atomic mass is 9.72. The van der Waals surface area contributed by atoms with Crippen molar-refractivity contribution < 1.29 is 14.3 Å². The molecule has 17 heavy (non-hydrogen) atoms. The third-order valence-corrected chi connectivity index (χ3v) is 3.61. The Balaban J connectivity index is 2.36. The number of fused-ring (bicyclic) bond motifs is 1. The number of carbonyl (C=O) groups excluding carboxylic acids is 2. The van der Waals surface area contributed by atoms with E-state index in [1.54, 1.807) is 0 Å². The van der Waals surface area contributed by atoms with Crippen LogP contribution in [0.2, 0.25) is 0 Å². The van der Waals surface area contributed by atoms with Gasteiger partial charge in [0.25, 0.3) is 0 Å². The number of esters is 1. The number of allylic oxidation sites excluding steroid dienone is 5. The number of methoxy groups -OCH3 is 1. The summed E-state index contributed by atoms with van der Waals surface area (Å²) in [5, 5.41) is 3.06. The van der Waals surface area contributed by atoms with E-state index in [-0.39, 0.29) is 18.3 Å². The number of ether oxygens (including phenoxy) is 1. The maximum absolute atomic E-state index is 11.5. The molecule has 1 aliphatic carbocycles. The SMILES string of the molecule is COC(=O)CC1(C)C(=C=O)NC2=CC=CCC21. The number of rotatable bonds is 2. The summed E-state index contributed by atoms with van der Waals surface area (Å²) in [6.45, 7) is 1.90. The average Bonchev–Trinajstić information content (AvgIpc) is 2.62. The molecule has 0 aromatic heterocycles. The molecule has 2 atom stereocenters. The van der Waals surface area contributed by atoms with Gasteiger partial charge in [-0.05, 0) is 12.5 Å². The highest BCUT2D eigenvalue weighted by Gasteiger charge is 2.48. The van der Waals surface area contributed by atoms with Crippen molar-refractivity contribution in [3.05, 3.63) is 29.6 Å². The molecule has 0 amide bonds. The van der Waals surface area contributed by atoms with E-state index in [9.17, 15) is 9.59 Å². The lowest BCUT2D eigenvalue weighted by Gasteiger charge is -2.29. The van der Waals surface area contributed by atoms with E-state index < -0.39 is 5.41 Å². The van der Waals surface area contributed by atoms with E-state index in [2.05, 4.69) is 5.32 Å². The van der Waals surface area contributed by atoms with Gasteiger partial charge < -0.3 is 10.1 Å². The summed E-state index contributed by atoms with van der Waals surface area (Å²) in [4.78, 5) is 22.5. The maximum Gasteiger partial charge on any atom is 0.306 e. The molecule has 2 unspecified atom stereocenters. The molecule has 1 heterocycles. The molecular weight excluding hydrogens is 218 g/mol. The Morgan fingerprint density at radius 3 is 3.12 bits per heavy atom. The minimum Gasteiger partial charge on any atom is -0.469 e. The Bertz CT molecular complexity index is 457. The maximum atomic E-state index is 11.5. The lowest BCUT2D eigenvalue weighted by molar-refractivity contribution is -0.143. The Morgan fingerprint density at radius 2 is 2.47 bits per heavy atom. The van der Waals surface area contributed by atoms with Crippen LogP contribution < -0.4 is 5.32 Å². The van der Waals surface area contributed by atoms with Crippen molar-refractivity contribution in [1.29, 1.82) is 0 Å². The van der Waals surface area contributed by atoms with Gasteiger partial charge in [0.05, 0.1) is 13.5 Å². The van der Waals surface area contributed by atoms with Crippen molar-refractivity contribution >= 4 is 11.9 Å². The summed E-state index contributed by atoms with van der Waals surface area (Å²) in [6, 6.07) is 0. The van der Waals surface area contributed by atoms with E-state index in [0.29, 0.717) is 5.70 Å². The molecule has 0 spiro atoms. The van der Waals surface area contributed by atoms with Gasteiger partial charge >= 0.3 is 5.97 Å². The zero-order chi connectivity index (χ0) is 12.5. The molecule has 1 aliphatic heterocycles. The highest BCUT2D eigenvalue weighted by molar-refractivity contribution is 5.73. The second kappa shape index (κ2) is 4.22.